The van der Waals surface area contributed by atoms with Crippen molar-refractivity contribution in [2.24, 2.45) is 0 Å². The van der Waals surface area contributed by atoms with Crippen molar-refractivity contribution < 1.29 is 14.6 Å². The summed E-state index contributed by atoms with van der Waals surface area (Å²) in [6, 6.07) is 17.6. The Morgan fingerprint density at radius 2 is 1.74 bits per heavy atom. The maximum atomic E-state index is 10.7. The molecule has 0 atom stereocenters. The first-order valence-corrected chi connectivity index (χ1v) is 7.99. The lowest BCUT2D eigenvalue weighted by Gasteiger charge is -2.26. The Labute approximate surface area is 137 Å². The minimum atomic E-state index is -0.754. The van der Waals surface area contributed by atoms with E-state index in [2.05, 4.69) is 11.8 Å². The van der Waals surface area contributed by atoms with E-state index < -0.39 is 5.97 Å². The van der Waals surface area contributed by atoms with Crippen molar-refractivity contribution >= 4 is 11.7 Å². The monoisotopic (exact) mass is 313 g/mol. The fourth-order valence-electron chi connectivity index (χ4n) is 2.46. The van der Waals surface area contributed by atoms with Crippen molar-refractivity contribution in [2.75, 3.05) is 18.0 Å². The van der Waals surface area contributed by atoms with E-state index in [4.69, 9.17) is 9.84 Å². The van der Waals surface area contributed by atoms with Crippen LogP contribution in [0.15, 0.2) is 54.6 Å². The number of carboxylic acid groups (broad SMARTS) is 1. The molecule has 23 heavy (non-hydrogen) atoms. The summed E-state index contributed by atoms with van der Waals surface area (Å²) in [6.07, 6.45) is 1.80. The van der Waals surface area contributed by atoms with Gasteiger partial charge in [-0.1, -0.05) is 37.3 Å². The number of rotatable bonds is 9. The molecule has 0 heterocycles. The van der Waals surface area contributed by atoms with Crippen LogP contribution in [-0.4, -0.2) is 24.2 Å². The van der Waals surface area contributed by atoms with Crippen LogP contribution in [-0.2, 0) is 4.79 Å². The van der Waals surface area contributed by atoms with Crippen LogP contribution in [0.25, 0.3) is 0 Å². The lowest BCUT2D eigenvalue weighted by molar-refractivity contribution is -0.137. The van der Waals surface area contributed by atoms with Crippen molar-refractivity contribution in [3.05, 3.63) is 54.6 Å². The summed E-state index contributed by atoms with van der Waals surface area (Å²) in [6.45, 7) is 3.69. The van der Waals surface area contributed by atoms with Gasteiger partial charge < -0.3 is 14.7 Å². The molecule has 0 saturated carbocycles. The van der Waals surface area contributed by atoms with Crippen LogP contribution in [0.3, 0.4) is 0 Å². The van der Waals surface area contributed by atoms with Crippen molar-refractivity contribution in [3.63, 3.8) is 0 Å². The van der Waals surface area contributed by atoms with Gasteiger partial charge >= 0.3 is 5.97 Å². The highest BCUT2D eigenvalue weighted by molar-refractivity contribution is 5.66. The largest absolute Gasteiger partial charge is 0.481 e. The third kappa shape index (κ3) is 5.33. The Balaban J connectivity index is 2.16. The number of hydrogen-bond donors (Lipinski definition) is 1. The Kier molecular flexibility index (Phi) is 6.48. The van der Waals surface area contributed by atoms with E-state index in [1.165, 1.54) is 0 Å². The summed E-state index contributed by atoms with van der Waals surface area (Å²) in [5.74, 6) is 0.833. The van der Waals surface area contributed by atoms with Crippen LogP contribution in [0.5, 0.6) is 11.5 Å². The molecule has 0 aliphatic heterocycles. The summed E-state index contributed by atoms with van der Waals surface area (Å²) < 4.78 is 6.01. The lowest BCUT2D eigenvalue weighted by Crippen LogP contribution is -2.26. The zero-order chi connectivity index (χ0) is 16.5. The highest BCUT2D eigenvalue weighted by atomic mass is 16.5. The van der Waals surface area contributed by atoms with Crippen LogP contribution in [0.1, 0.15) is 26.2 Å². The van der Waals surface area contributed by atoms with Gasteiger partial charge in [0.25, 0.3) is 0 Å². The fraction of sp³-hybridized carbons (Fsp3) is 0.316. The van der Waals surface area contributed by atoms with Gasteiger partial charge in [0.15, 0.2) is 5.75 Å². The average molecular weight is 313 g/mol. The third-order valence-electron chi connectivity index (χ3n) is 3.49. The number of hydrogen-bond acceptors (Lipinski definition) is 3. The van der Waals surface area contributed by atoms with Gasteiger partial charge in [-0.2, -0.15) is 0 Å². The number of nitrogens with zero attached hydrogens (tertiary/aromatic N) is 1. The van der Waals surface area contributed by atoms with E-state index in [9.17, 15) is 4.79 Å². The topological polar surface area (TPSA) is 49.8 Å². The number of carbonyl (C=O) groups is 1. The molecule has 0 aliphatic rings. The van der Waals surface area contributed by atoms with Gasteiger partial charge in [-0.25, -0.2) is 0 Å². The zero-order valence-electron chi connectivity index (χ0n) is 13.4. The Hall–Kier alpha value is -2.49. The average Bonchev–Trinajstić information content (AvgIpc) is 2.55. The normalized spacial score (nSPS) is 10.3. The lowest BCUT2D eigenvalue weighted by atomic mass is 10.2. The number of benzene rings is 2. The second-order valence-corrected chi connectivity index (χ2v) is 5.37. The Bertz CT molecular complexity index is 613. The maximum Gasteiger partial charge on any atom is 0.303 e. The van der Waals surface area contributed by atoms with Gasteiger partial charge in [0, 0.05) is 19.5 Å². The molecule has 4 heteroatoms. The van der Waals surface area contributed by atoms with Crippen LogP contribution in [0.2, 0.25) is 0 Å². The molecule has 0 aliphatic carbocycles. The van der Waals surface area contributed by atoms with Crippen molar-refractivity contribution in [1.82, 2.24) is 0 Å². The molecule has 0 aromatic heterocycles. The molecule has 0 spiro atoms. The van der Waals surface area contributed by atoms with Crippen molar-refractivity contribution in [3.8, 4) is 11.5 Å². The van der Waals surface area contributed by atoms with Gasteiger partial charge in [0.2, 0.25) is 0 Å². The number of carboxylic acids is 1. The van der Waals surface area contributed by atoms with E-state index in [0.29, 0.717) is 13.0 Å². The molecule has 0 radical (unpaired) electrons. The maximum absolute atomic E-state index is 10.7. The molecule has 0 unspecified atom stereocenters. The first-order valence-electron chi connectivity index (χ1n) is 7.99. The summed E-state index contributed by atoms with van der Waals surface area (Å²) >= 11 is 0. The molecule has 4 nitrogen and oxygen atoms in total. The Morgan fingerprint density at radius 1 is 1.04 bits per heavy atom. The predicted molar refractivity (Wildman–Crippen MR) is 92.3 cm³/mol. The quantitative estimate of drug-likeness (QED) is 0.737. The van der Waals surface area contributed by atoms with Crippen LogP contribution < -0.4 is 9.64 Å². The fourth-order valence-corrected chi connectivity index (χ4v) is 2.46. The van der Waals surface area contributed by atoms with Crippen LogP contribution >= 0.6 is 0 Å². The molecule has 0 bridgehead atoms. The molecular weight excluding hydrogens is 290 g/mol. The molecule has 0 fully saturated rings. The second-order valence-electron chi connectivity index (χ2n) is 5.37. The summed E-state index contributed by atoms with van der Waals surface area (Å²) in [5, 5.41) is 8.83. The summed E-state index contributed by atoms with van der Waals surface area (Å²) in [4.78, 5) is 12.9. The SMILES string of the molecule is CCCN(CCCC(=O)O)c1ccccc1Oc1ccccc1. The number of para-hydroxylation sites is 3. The molecule has 2 aromatic rings. The molecule has 0 amide bonds. The molecule has 2 aromatic carbocycles. The van der Waals surface area contributed by atoms with Crippen LogP contribution in [0.4, 0.5) is 5.69 Å². The van der Waals surface area contributed by atoms with E-state index in [-0.39, 0.29) is 6.42 Å². The van der Waals surface area contributed by atoms with Gasteiger partial charge in [-0.15, -0.1) is 0 Å². The molecule has 122 valence electrons. The minimum absolute atomic E-state index is 0.182. The number of aliphatic carboxylic acids is 1. The Morgan fingerprint density at radius 3 is 2.43 bits per heavy atom. The molecule has 0 saturated heterocycles. The van der Waals surface area contributed by atoms with Gasteiger partial charge in [0.1, 0.15) is 5.75 Å². The molecular formula is C19H23NO3. The van der Waals surface area contributed by atoms with Crippen molar-refractivity contribution in [2.45, 2.75) is 26.2 Å². The predicted octanol–water partition coefficient (Wildman–Crippen LogP) is 4.56. The highest BCUT2D eigenvalue weighted by Crippen LogP contribution is 2.32. The van der Waals surface area contributed by atoms with Crippen molar-refractivity contribution in [1.29, 1.82) is 0 Å². The standard InChI is InChI=1S/C19H23NO3/c1-2-14-20(15-8-13-19(21)22)17-11-6-7-12-18(17)23-16-9-4-3-5-10-16/h3-7,9-12H,2,8,13-15H2,1H3,(H,21,22). The second kappa shape index (κ2) is 8.83. The third-order valence-corrected chi connectivity index (χ3v) is 3.49. The van der Waals surface area contributed by atoms with Gasteiger partial charge in [-0.3, -0.25) is 4.79 Å². The first-order chi connectivity index (χ1) is 11.2. The van der Waals surface area contributed by atoms with Crippen LogP contribution in [0, 0.1) is 0 Å². The minimum Gasteiger partial charge on any atom is -0.481 e. The van der Waals surface area contributed by atoms with E-state index in [1.54, 1.807) is 0 Å². The van der Waals surface area contributed by atoms with E-state index in [0.717, 1.165) is 30.2 Å². The van der Waals surface area contributed by atoms with Gasteiger partial charge in [0.05, 0.1) is 5.69 Å². The summed E-state index contributed by atoms with van der Waals surface area (Å²) in [7, 11) is 0. The zero-order valence-corrected chi connectivity index (χ0v) is 13.4. The number of ether oxygens (including phenoxy) is 1. The first kappa shape index (κ1) is 16.9. The molecule has 1 N–H and O–H groups in total. The van der Waals surface area contributed by atoms with Gasteiger partial charge in [-0.05, 0) is 37.1 Å². The smallest absolute Gasteiger partial charge is 0.303 e. The van der Waals surface area contributed by atoms with E-state index in [1.807, 2.05) is 54.6 Å². The van der Waals surface area contributed by atoms with E-state index >= 15 is 0 Å². The highest BCUT2D eigenvalue weighted by Gasteiger charge is 2.12. The summed E-state index contributed by atoms with van der Waals surface area (Å²) in [5.41, 5.74) is 1.00. The number of anilines is 1. The molecule has 2 rings (SSSR count).